The van der Waals surface area contributed by atoms with E-state index in [2.05, 4.69) is 15.6 Å². The summed E-state index contributed by atoms with van der Waals surface area (Å²) in [5.74, 6) is -1.23. The molecule has 2 N–H and O–H groups in total. The highest BCUT2D eigenvalue weighted by Crippen LogP contribution is 2.15. The minimum absolute atomic E-state index is 0.163. The lowest BCUT2D eigenvalue weighted by molar-refractivity contribution is 0.405. The van der Waals surface area contributed by atoms with E-state index in [1.54, 1.807) is 0 Å². The van der Waals surface area contributed by atoms with Crippen LogP contribution in [0.15, 0.2) is 12.3 Å². The molecule has 1 fully saturated rings. The lowest BCUT2D eigenvalue weighted by atomic mass is 10.1. The first-order valence-electron chi connectivity index (χ1n) is 4.52. The third-order valence-electron chi connectivity index (χ3n) is 2.21. The summed E-state index contributed by atoms with van der Waals surface area (Å²) in [4.78, 5) is 3.75. The van der Waals surface area contributed by atoms with Gasteiger partial charge in [-0.15, -0.1) is 0 Å². The Balaban J connectivity index is 2.22. The van der Waals surface area contributed by atoms with E-state index in [4.69, 9.17) is 0 Å². The zero-order valence-electron chi connectivity index (χ0n) is 7.56. The fourth-order valence-electron chi connectivity index (χ4n) is 1.53. The summed E-state index contributed by atoms with van der Waals surface area (Å²) in [5.41, 5.74) is 0.276. The summed E-state index contributed by atoms with van der Waals surface area (Å²) < 4.78 is 25.8. The fourth-order valence-corrected chi connectivity index (χ4v) is 1.53. The molecule has 0 saturated carbocycles. The van der Waals surface area contributed by atoms with Gasteiger partial charge in [-0.2, -0.15) is 0 Å². The second-order valence-corrected chi connectivity index (χ2v) is 3.23. The van der Waals surface area contributed by atoms with Gasteiger partial charge in [0.05, 0.1) is 17.9 Å². The van der Waals surface area contributed by atoms with E-state index in [0.29, 0.717) is 6.54 Å². The maximum absolute atomic E-state index is 13.3. The number of aromatic nitrogens is 1. The van der Waals surface area contributed by atoms with Gasteiger partial charge < -0.3 is 10.6 Å². The average Bonchev–Trinajstić information content (AvgIpc) is 2.19. The Morgan fingerprint density at radius 2 is 2.21 bits per heavy atom. The normalized spacial score (nSPS) is 22.3. The van der Waals surface area contributed by atoms with Gasteiger partial charge in [0.15, 0.2) is 0 Å². The highest BCUT2D eigenvalue weighted by atomic mass is 19.1. The average molecular weight is 199 g/mol. The molecule has 1 aliphatic heterocycles. The molecule has 2 heterocycles. The van der Waals surface area contributed by atoms with Crippen LogP contribution in [-0.2, 0) is 0 Å². The molecule has 14 heavy (non-hydrogen) atoms. The third-order valence-corrected chi connectivity index (χ3v) is 2.21. The van der Waals surface area contributed by atoms with Crippen molar-refractivity contribution in [2.75, 3.05) is 19.6 Å². The Kier molecular flexibility index (Phi) is 2.69. The molecule has 0 spiro atoms. The quantitative estimate of drug-likeness (QED) is 0.695. The molecule has 0 radical (unpaired) electrons. The first kappa shape index (κ1) is 9.48. The molecule has 2 rings (SSSR count). The highest BCUT2D eigenvalue weighted by Gasteiger charge is 2.19. The van der Waals surface area contributed by atoms with Crippen LogP contribution in [0.1, 0.15) is 11.7 Å². The summed E-state index contributed by atoms with van der Waals surface area (Å²) in [5, 5.41) is 6.22. The van der Waals surface area contributed by atoms with E-state index in [9.17, 15) is 8.78 Å². The summed E-state index contributed by atoms with van der Waals surface area (Å²) in [6.45, 7) is 2.25. The molecule has 5 heteroatoms. The molecule has 3 nitrogen and oxygen atoms in total. The van der Waals surface area contributed by atoms with Crippen LogP contribution in [0.3, 0.4) is 0 Å². The van der Waals surface area contributed by atoms with Crippen LogP contribution in [0.4, 0.5) is 8.78 Å². The topological polar surface area (TPSA) is 37.0 Å². The number of piperazine rings is 1. The monoisotopic (exact) mass is 199 g/mol. The molecule has 1 saturated heterocycles. The molecule has 1 aliphatic rings. The van der Waals surface area contributed by atoms with Crippen LogP contribution in [0.2, 0.25) is 0 Å². The van der Waals surface area contributed by atoms with E-state index in [1.165, 1.54) is 0 Å². The Labute approximate surface area is 80.5 Å². The Morgan fingerprint density at radius 3 is 2.86 bits per heavy atom. The maximum Gasteiger partial charge on any atom is 0.149 e. The van der Waals surface area contributed by atoms with Crippen molar-refractivity contribution in [1.82, 2.24) is 15.6 Å². The van der Waals surface area contributed by atoms with Gasteiger partial charge >= 0.3 is 0 Å². The largest absolute Gasteiger partial charge is 0.314 e. The summed E-state index contributed by atoms with van der Waals surface area (Å²) in [6, 6.07) is 0.697. The molecule has 0 aliphatic carbocycles. The molecule has 1 atom stereocenters. The zero-order chi connectivity index (χ0) is 9.97. The number of nitrogens with one attached hydrogen (secondary N) is 2. The van der Waals surface area contributed by atoms with Crippen molar-refractivity contribution < 1.29 is 8.78 Å². The molecular formula is C9H11F2N3. The molecule has 0 amide bonds. The minimum Gasteiger partial charge on any atom is -0.314 e. The summed E-state index contributed by atoms with van der Waals surface area (Å²) >= 11 is 0. The molecule has 1 aromatic heterocycles. The Bertz CT molecular complexity index is 324. The number of halogens is 2. The second kappa shape index (κ2) is 3.98. The fraction of sp³-hybridized carbons (Fsp3) is 0.444. The summed E-state index contributed by atoms with van der Waals surface area (Å²) in [6.07, 6.45) is 1.04. The lowest BCUT2D eigenvalue weighted by Crippen LogP contribution is -2.43. The van der Waals surface area contributed by atoms with Crippen molar-refractivity contribution in [2.24, 2.45) is 0 Å². The number of rotatable bonds is 1. The van der Waals surface area contributed by atoms with Crippen molar-refractivity contribution in [3.8, 4) is 0 Å². The number of nitrogens with zero attached hydrogens (tertiary/aromatic N) is 1. The van der Waals surface area contributed by atoms with Crippen molar-refractivity contribution >= 4 is 0 Å². The van der Waals surface area contributed by atoms with Gasteiger partial charge in [0.25, 0.3) is 0 Å². The Hall–Kier alpha value is -1.07. The predicted octanol–water partition coefficient (Wildman–Crippen LogP) is 0.594. The van der Waals surface area contributed by atoms with Gasteiger partial charge in [0.1, 0.15) is 11.6 Å². The molecular weight excluding hydrogens is 188 g/mol. The number of hydrogen-bond acceptors (Lipinski definition) is 3. The van der Waals surface area contributed by atoms with Crippen LogP contribution in [0.25, 0.3) is 0 Å². The van der Waals surface area contributed by atoms with Crippen LogP contribution >= 0.6 is 0 Å². The second-order valence-electron chi connectivity index (χ2n) is 3.23. The van der Waals surface area contributed by atoms with Gasteiger partial charge in [-0.3, -0.25) is 4.98 Å². The summed E-state index contributed by atoms with van der Waals surface area (Å²) in [7, 11) is 0. The predicted molar refractivity (Wildman–Crippen MR) is 47.8 cm³/mol. The first-order valence-corrected chi connectivity index (χ1v) is 4.52. The van der Waals surface area contributed by atoms with Crippen molar-refractivity contribution in [2.45, 2.75) is 6.04 Å². The SMILES string of the molecule is Fc1cnc(C2CNCCN2)c(F)c1. The molecule has 1 aromatic rings. The van der Waals surface area contributed by atoms with Crippen LogP contribution in [0, 0.1) is 11.6 Å². The minimum atomic E-state index is -0.644. The Morgan fingerprint density at radius 1 is 1.36 bits per heavy atom. The molecule has 0 bridgehead atoms. The smallest absolute Gasteiger partial charge is 0.149 e. The van der Waals surface area contributed by atoms with Gasteiger partial charge in [-0.25, -0.2) is 8.78 Å². The lowest BCUT2D eigenvalue weighted by Gasteiger charge is -2.24. The van der Waals surface area contributed by atoms with Crippen molar-refractivity contribution in [3.63, 3.8) is 0 Å². The van der Waals surface area contributed by atoms with E-state index < -0.39 is 11.6 Å². The number of pyridine rings is 1. The van der Waals surface area contributed by atoms with Crippen molar-refractivity contribution in [1.29, 1.82) is 0 Å². The van der Waals surface area contributed by atoms with Gasteiger partial charge in [-0.1, -0.05) is 0 Å². The van der Waals surface area contributed by atoms with E-state index in [-0.39, 0.29) is 11.7 Å². The van der Waals surface area contributed by atoms with Gasteiger partial charge in [0.2, 0.25) is 0 Å². The van der Waals surface area contributed by atoms with Gasteiger partial charge in [-0.05, 0) is 0 Å². The molecule has 1 unspecified atom stereocenters. The molecule has 0 aromatic carbocycles. The van der Waals surface area contributed by atoms with E-state index in [0.717, 1.165) is 25.4 Å². The van der Waals surface area contributed by atoms with Crippen LogP contribution < -0.4 is 10.6 Å². The van der Waals surface area contributed by atoms with Gasteiger partial charge in [0, 0.05) is 25.7 Å². The van der Waals surface area contributed by atoms with Crippen molar-refractivity contribution in [3.05, 3.63) is 29.6 Å². The zero-order valence-corrected chi connectivity index (χ0v) is 7.56. The first-order chi connectivity index (χ1) is 6.77. The van der Waals surface area contributed by atoms with E-state index in [1.807, 2.05) is 0 Å². The standard InChI is InChI=1S/C9H11F2N3/c10-6-3-7(11)9(14-4-6)8-5-12-1-2-13-8/h3-4,8,12-13H,1-2,5H2. The van der Waals surface area contributed by atoms with Crippen LogP contribution in [-0.4, -0.2) is 24.6 Å². The number of hydrogen-bond donors (Lipinski definition) is 2. The van der Waals surface area contributed by atoms with Crippen LogP contribution in [0.5, 0.6) is 0 Å². The highest BCUT2D eigenvalue weighted by molar-refractivity contribution is 5.13. The maximum atomic E-state index is 13.3. The molecule has 76 valence electrons. The third kappa shape index (κ3) is 1.88. The van der Waals surface area contributed by atoms with E-state index >= 15 is 0 Å².